The fraction of sp³-hybridized carbons (Fsp3) is 0.364. The molecule has 1 amide bonds. The second-order valence-electron chi connectivity index (χ2n) is 3.47. The highest BCUT2D eigenvalue weighted by molar-refractivity contribution is 5.94. The first kappa shape index (κ1) is 14.3. The lowest BCUT2D eigenvalue weighted by Crippen LogP contribution is -2.28. The third-order valence-electron chi connectivity index (χ3n) is 1.93. The number of aromatic hydroxyl groups is 1. The normalized spacial score (nSPS) is 11.3. The van der Waals surface area contributed by atoms with Gasteiger partial charge in [0.15, 0.2) is 0 Å². The first-order valence-electron chi connectivity index (χ1n) is 5.10. The molecule has 0 spiro atoms. The Balaban J connectivity index is 2.24. The molecule has 2 N–H and O–H groups in total. The fourth-order valence-corrected chi connectivity index (χ4v) is 1.14. The highest BCUT2D eigenvalue weighted by Crippen LogP contribution is 2.14. The molecule has 7 heteroatoms. The van der Waals surface area contributed by atoms with Crippen LogP contribution in [0.5, 0.6) is 5.75 Å². The van der Waals surface area contributed by atoms with E-state index in [1.54, 1.807) is 0 Å². The Bertz CT molecular complexity index is 390. The molecule has 4 nitrogen and oxygen atoms in total. The van der Waals surface area contributed by atoms with Crippen LogP contribution in [-0.2, 0) is 4.74 Å². The van der Waals surface area contributed by atoms with Crippen molar-refractivity contribution in [2.75, 3.05) is 19.8 Å². The Morgan fingerprint density at radius 1 is 1.28 bits per heavy atom. The first-order chi connectivity index (χ1) is 8.38. The molecule has 0 atom stereocenters. The van der Waals surface area contributed by atoms with Crippen molar-refractivity contribution in [2.24, 2.45) is 0 Å². The average molecular weight is 263 g/mol. The van der Waals surface area contributed by atoms with Gasteiger partial charge in [0.1, 0.15) is 12.4 Å². The highest BCUT2D eigenvalue weighted by atomic mass is 19.4. The van der Waals surface area contributed by atoms with E-state index in [0.29, 0.717) is 5.56 Å². The highest BCUT2D eigenvalue weighted by Gasteiger charge is 2.27. The molecule has 0 radical (unpaired) electrons. The molecule has 1 aromatic carbocycles. The number of alkyl halides is 3. The van der Waals surface area contributed by atoms with E-state index >= 15 is 0 Å². The van der Waals surface area contributed by atoms with Gasteiger partial charge in [-0.15, -0.1) is 0 Å². The van der Waals surface area contributed by atoms with Gasteiger partial charge in [-0.05, 0) is 24.3 Å². The van der Waals surface area contributed by atoms with Crippen LogP contribution >= 0.6 is 0 Å². The molecule has 0 fully saturated rings. The van der Waals surface area contributed by atoms with Crippen LogP contribution in [0.15, 0.2) is 24.3 Å². The number of hydrogen-bond acceptors (Lipinski definition) is 3. The van der Waals surface area contributed by atoms with Gasteiger partial charge < -0.3 is 15.2 Å². The number of hydrogen-bond donors (Lipinski definition) is 2. The van der Waals surface area contributed by atoms with Crippen LogP contribution in [0.4, 0.5) is 13.2 Å². The fourth-order valence-electron chi connectivity index (χ4n) is 1.14. The molecule has 0 unspecified atom stereocenters. The number of amides is 1. The van der Waals surface area contributed by atoms with Gasteiger partial charge in [-0.25, -0.2) is 0 Å². The summed E-state index contributed by atoms with van der Waals surface area (Å²) < 4.78 is 39.4. The first-order valence-corrected chi connectivity index (χ1v) is 5.10. The molecule has 100 valence electrons. The van der Waals surface area contributed by atoms with E-state index in [-0.39, 0.29) is 18.9 Å². The van der Waals surface area contributed by atoms with Gasteiger partial charge in [-0.2, -0.15) is 13.2 Å². The standard InChI is InChI=1S/C11H12F3NO3/c12-11(13,14)7-18-6-5-15-10(17)8-1-3-9(16)4-2-8/h1-4,16H,5-7H2,(H,15,17). The van der Waals surface area contributed by atoms with Crippen LogP contribution in [0, 0.1) is 0 Å². The zero-order chi connectivity index (χ0) is 13.6. The van der Waals surface area contributed by atoms with Crippen LogP contribution in [0.1, 0.15) is 10.4 Å². The summed E-state index contributed by atoms with van der Waals surface area (Å²) in [4.78, 5) is 11.4. The van der Waals surface area contributed by atoms with Crippen molar-refractivity contribution in [1.29, 1.82) is 0 Å². The van der Waals surface area contributed by atoms with Gasteiger partial charge in [0, 0.05) is 12.1 Å². The quantitative estimate of drug-likeness (QED) is 0.795. The summed E-state index contributed by atoms with van der Waals surface area (Å²) in [5, 5.41) is 11.4. The van der Waals surface area contributed by atoms with Crippen molar-refractivity contribution in [1.82, 2.24) is 5.32 Å². The minimum Gasteiger partial charge on any atom is -0.508 e. The molecule has 0 saturated carbocycles. The lowest BCUT2D eigenvalue weighted by atomic mass is 10.2. The van der Waals surface area contributed by atoms with Gasteiger partial charge in [-0.1, -0.05) is 0 Å². The molecule has 1 rings (SSSR count). The number of nitrogens with one attached hydrogen (secondary N) is 1. The Kier molecular flexibility index (Phi) is 4.96. The number of phenols is 1. The van der Waals surface area contributed by atoms with Crippen molar-refractivity contribution >= 4 is 5.91 Å². The second-order valence-corrected chi connectivity index (χ2v) is 3.47. The van der Waals surface area contributed by atoms with E-state index in [2.05, 4.69) is 10.1 Å². The van der Waals surface area contributed by atoms with E-state index in [4.69, 9.17) is 5.11 Å². The van der Waals surface area contributed by atoms with Crippen molar-refractivity contribution < 1.29 is 27.8 Å². The summed E-state index contributed by atoms with van der Waals surface area (Å²) in [5.41, 5.74) is 0.309. The molecule has 18 heavy (non-hydrogen) atoms. The number of ether oxygens (including phenoxy) is 1. The van der Waals surface area contributed by atoms with Gasteiger partial charge in [0.2, 0.25) is 0 Å². The zero-order valence-corrected chi connectivity index (χ0v) is 9.33. The van der Waals surface area contributed by atoms with Gasteiger partial charge in [0.25, 0.3) is 5.91 Å². The Hall–Kier alpha value is -1.76. The minimum absolute atomic E-state index is 0.0181. The van der Waals surface area contributed by atoms with E-state index in [1.807, 2.05) is 0 Å². The van der Waals surface area contributed by atoms with Crippen LogP contribution < -0.4 is 5.32 Å². The second kappa shape index (κ2) is 6.25. The van der Waals surface area contributed by atoms with Gasteiger partial charge in [-0.3, -0.25) is 4.79 Å². The third-order valence-corrected chi connectivity index (χ3v) is 1.93. The maximum Gasteiger partial charge on any atom is 0.411 e. The predicted molar refractivity (Wildman–Crippen MR) is 57.3 cm³/mol. The van der Waals surface area contributed by atoms with Crippen LogP contribution in [0.2, 0.25) is 0 Å². The molecular formula is C11H12F3NO3. The minimum atomic E-state index is -4.36. The maximum atomic E-state index is 11.7. The van der Waals surface area contributed by atoms with Crippen LogP contribution in [0.25, 0.3) is 0 Å². The molecule has 0 saturated heterocycles. The molecule has 0 heterocycles. The monoisotopic (exact) mass is 263 g/mol. The van der Waals surface area contributed by atoms with Crippen LogP contribution in [-0.4, -0.2) is 36.9 Å². The summed E-state index contributed by atoms with van der Waals surface area (Å²) in [6.45, 7) is -1.57. The van der Waals surface area contributed by atoms with E-state index in [0.717, 1.165) is 0 Å². The number of benzene rings is 1. The zero-order valence-electron chi connectivity index (χ0n) is 9.33. The summed E-state index contributed by atoms with van der Waals surface area (Å²) in [7, 11) is 0. The van der Waals surface area contributed by atoms with E-state index in [9.17, 15) is 18.0 Å². The maximum absolute atomic E-state index is 11.7. The topological polar surface area (TPSA) is 58.6 Å². The summed E-state index contributed by atoms with van der Waals surface area (Å²) in [6.07, 6.45) is -4.36. The van der Waals surface area contributed by atoms with Crippen molar-refractivity contribution in [3.63, 3.8) is 0 Å². The number of rotatable bonds is 5. The van der Waals surface area contributed by atoms with E-state index < -0.39 is 18.7 Å². The number of carbonyl (C=O) groups is 1. The summed E-state index contributed by atoms with van der Waals surface area (Å²) >= 11 is 0. The Morgan fingerprint density at radius 3 is 2.44 bits per heavy atom. The predicted octanol–water partition coefficient (Wildman–Crippen LogP) is 1.70. The van der Waals surface area contributed by atoms with Crippen molar-refractivity contribution in [3.05, 3.63) is 29.8 Å². The smallest absolute Gasteiger partial charge is 0.411 e. The molecule has 0 bridgehead atoms. The average Bonchev–Trinajstić information content (AvgIpc) is 2.27. The molecule has 0 aliphatic heterocycles. The number of carbonyl (C=O) groups excluding carboxylic acids is 1. The SMILES string of the molecule is O=C(NCCOCC(F)(F)F)c1ccc(O)cc1. The van der Waals surface area contributed by atoms with E-state index in [1.165, 1.54) is 24.3 Å². The number of phenolic OH excluding ortho intramolecular Hbond substituents is 1. The summed E-state index contributed by atoms with van der Waals surface area (Å²) in [6, 6.07) is 5.49. The van der Waals surface area contributed by atoms with Gasteiger partial charge >= 0.3 is 6.18 Å². The third kappa shape index (κ3) is 5.53. The molecule has 0 aliphatic rings. The van der Waals surface area contributed by atoms with Crippen LogP contribution in [0.3, 0.4) is 0 Å². The molecular weight excluding hydrogens is 251 g/mol. The lowest BCUT2D eigenvalue weighted by Gasteiger charge is -2.08. The van der Waals surface area contributed by atoms with Crippen molar-refractivity contribution in [3.8, 4) is 5.75 Å². The van der Waals surface area contributed by atoms with Crippen molar-refractivity contribution in [2.45, 2.75) is 6.18 Å². The molecule has 0 aromatic heterocycles. The summed E-state index contributed by atoms with van der Waals surface area (Å²) in [5.74, 6) is -0.411. The number of halogens is 3. The molecule has 0 aliphatic carbocycles. The Morgan fingerprint density at radius 2 is 1.89 bits per heavy atom. The van der Waals surface area contributed by atoms with Gasteiger partial charge in [0.05, 0.1) is 6.61 Å². The molecule has 1 aromatic rings. The Labute approximate surface area is 101 Å². The lowest BCUT2D eigenvalue weighted by molar-refractivity contribution is -0.173. The largest absolute Gasteiger partial charge is 0.508 e.